The van der Waals surface area contributed by atoms with Gasteiger partial charge in [0.2, 0.25) is 0 Å². The Bertz CT molecular complexity index is 696. The molecule has 0 saturated heterocycles. The summed E-state index contributed by atoms with van der Waals surface area (Å²) < 4.78 is 0. The summed E-state index contributed by atoms with van der Waals surface area (Å²) in [4.78, 5) is 0. The number of aromatic hydroxyl groups is 1. The summed E-state index contributed by atoms with van der Waals surface area (Å²) in [6.45, 7) is 2.26. The Kier molecular flexibility index (Phi) is 2.93. The van der Waals surface area contributed by atoms with E-state index in [1.165, 1.54) is 5.56 Å². The van der Waals surface area contributed by atoms with Crippen LogP contribution in [-0.2, 0) is 0 Å². The number of phenols is 1. The lowest BCUT2D eigenvalue weighted by atomic mass is 9.56. The normalized spacial score (nSPS) is 38.8. The quantitative estimate of drug-likeness (QED) is 0.717. The standard InChI is InChI=1S/C20H22O2/c1-3-12-10-14(21)11-13-4-5-15-16(19(12)13)8-9-20(2)17(15)6-7-18(20)22/h1,4-5,10-11,15-18,21-22H,6-9H2,2H3/t15-,16+,17+,18+,20+/m1/s1. The first kappa shape index (κ1) is 13.9. The van der Waals surface area contributed by atoms with Gasteiger partial charge in [-0.25, -0.2) is 0 Å². The molecule has 0 aromatic heterocycles. The van der Waals surface area contributed by atoms with Gasteiger partial charge in [-0.3, -0.25) is 0 Å². The average Bonchev–Trinajstić information content (AvgIpc) is 2.81. The summed E-state index contributed by atoms with van der Waals surface area (Å²) in [6, 6.07) is 3.53. The van der Waals surface area contributed by atoms with Gasteiger partial charge in [-0.1, -0.05) is 25.0 Å². The molecule has 22 heavy (non-hydrogen) atoms. The molecule has 0 heterocycles. The third-order valence-corrected chi connectivity index (χ3v) is 6.50. The van der Waals surface area contributed by atoms with Crippen molar-refractivity contribution in [3.8, 4) is 18.1 Å². The molecule has 0 spiro atoms. The number of rotatable bonds is 0. The molecule has 1 aromatic carbocycles. The first-order chi connectivity index (χ1) is 10.5. The van der Waals surface area contributed by atoms with Gasteiger partial charge >= 0.3 is 0 Å². The molecule has 1 aromatic rings. The first-order valence-electron chi connectivity index (χ1n) is 8.24. The van der Waals surface area contributed by atoms with Crippen molar-refractivity contribution in [2.24, 2.45) is 17.3 Å². The van der Waals surface area contributed by atoms with Crippen LogP contribution in [0.25, 0.3) is 6.08 Å². The topological polar surface area (TPSA) is 40.5 Å². The largest absolute Gasteiger partial charge is 0.508 e. The maximum Gasteiger partial charge on any atom is 0.117 e. The van der Waals surface area contributed by atoms with Gasteiger partial charge in [0, 0.05) is 5.56 Å². The predicted octanol–water partition coefficient (Wildman–Crippen LogP) is 3.67. The van der Waals surface area contributed by atoms with Gasteiger partial charge < -0.3 is 10.2 Å². The van der Waals surface area contributed by atoms with Crippen LogP contribution in [-0.4, -0.2) is 16.3 Å². The fourth-order valence-corrected chi connectivity index (χ4v) is 5.32. The zero-order chi connectivity index (χ0) is 15.5. The van der Waals surface area contributed by atoms with E-state index in [9.17, 15) is 10.2 Å². The Morgan fingerprint density at radius 2 is 2.09 bits per heavy atom. The van der Waals surface area contributed by atoms with Crippen LogP contribution >= 0.6 is 0 Å². The molecule has 3 aliphatic rings. The summed E-state index contributed by atoms with van der Waals surface area (Å²) >= 11 is 0. The second-order valence-corrected chi connectivity index (χ2v) is 7.43. The van der Waals surface area contributed by atoms with Crippen molar-refractivity contribution in [1.29, 1.82) is 0 Å². The molecule has 114 valence electrons. The van der Waals surface area contributed by atoms with Crippen molar-refractivity contribution in [1.82, 2.24) is 0 Å². The zero-order valence-corrected chi connectivity index (χ0v) is 12.9. The molecule has 3 aliphatic carbocycles. The van der Waals surface area contributed by atoms with E-state index in [2.05, 4.69) is 25.0 Å². The molecule has 2 saturated carbocycles. The monoisotopic (exact) mass is 294 g/mol. The number of hydrogen-bond acceptors (Lipinski definition) is 2. The highest BCUT2D eigenvalue weighted by atomic mass is 16.3. The Morgan fingerprint density at radius 3 is 2.86 bits per heavy atom. The summed E-state index contributed by atoms with van der Waals surface area (Å²) in [5.74, 6) is 4.42. The molecular formula is C20H22O2. The van der Waals surface area contributed by atoms with E-state index in [-0.39, 0.29) is 17.3 Å². The van der Waals surface area contributed by atoms with Gasteiger partial charge in [0.1, 0.15) is 5.75 Å². The van der Waals surface area contributed by atoms with Gasteiger partial charge in [0.15, 0.2) is 0 Å². The average molecular weight is 294 g/mol. The number of terminal acetylenes is 1. The SMILES string of the molecule is C#Cc1cc(O)cc2c1[C@H]1CC[C@]3(C)[C@@H](O)CC[C@H]3[C@@H]1C=C2. The third kappa shape index (κ3) is 1.72. The van der Waals surface area contributed by atoms with E-state index in [0.29, 0.717) is 17.8 Å². The molecule has 5 atom stereocenters. The zero-order valence-electron chi connectivity index (χ0n) is 12.9. The lowest BCUT2D eigenvalue weighted by molar-refractivity contribution is -0.00799. The van der Waals surface area contributed by atoms with Crippen molar-refractivity contribution in [2.75, 3.05) is 0 Å². The van der Waals surface area contributed by atoms with Crippen LogP contribution in [0.15, 0.2) is 18.2 Å². The van der Waals surface area contributed by atoms with Gasteiger partial charge in [-0.15, -0.1) is 6.42 Å². The van der Waals surface area contributed by atoms with Crippen molar-refractivity contribution in [3.05, 3.63) is 34.9 Å². The molecule has 2 N–H and O–H groups in total. The maximum absolute atomic E-state index is 10.4. The van der Waals surface area contributed by atoms with E-state index in [1.54, 1.807) is 6.07 Å². The minimum atomic E-state index is -0.167. The van der Waals surface area contributed by atoms with Crippen LogP contribution in [0, 0.1) is 29.6 Å². The second kappa shape index (κ2) is 4.64. The van der Waals surface area contributed by atoms with Crippen LogP contribution in [0.4, 0.5) is 0 Å². The van der Waals surface area contributed by atoms with Gasteiger partial charge in [-0.2, -0.15) is 0 Å². The molecule has 0 aliphatic heterocycles. The van der Waals surface area contributed by atoms with Crippen molar-refractivity contribution in [3.63, 3.8) is 0 Å². The van der Waals surface area contributed by atoms with E-state index in [1.807, 2.05) is 6.07 Å². The summed E-state index contributed by atoms with van der Waals surface area (Å²) in [6.07, 6.45) is 14.1. The lowest BCUT2D eigenvalue weighted by Crippen LogP contribution is -2.42. The number of phenolic OH excluding ortho intramolecular Hbond substituents is 1. The van der Waals surface area contributed by atoms with Crippen LogP contribution < -0.4 is 0 Å². The second-order valence-electron chi connectivity index (χ2n) is 7.43. The van der Waals surface area contributed by atoms with E-state index < -0.39 is 0 Å². The Balaban J connectivity index is 1.81. The summed E-state index contributed by atoms with van der Waals surface area (Å²) in [5.41, 5.74) is 3.18. The number of aliphatic hydroxyl groups excluding tert-OH is 1. The van der Waals surface area contributed by atoms with Crippen molar-refractivity contribution < 1.29 is 10.2 Å². The minimum absolute atomic E-state index is 0.0518. The third-order valence-electron chi connectivity index (χ3n) is 6.50. The van der Waals surface area contributed by atoms with Crippen LogP contribution in [0.5, 0.6) is 5.75 Å². The Morgan fingerprint density at radius 1 is 1.27 bits per heavy atom. The number of aliphatic hydroxyl groups is 1. The molecule has 0 unspecified atom stereocenters. The highest BCUT2D eigenvalue weighted by molar-refractivity contribution is 5.66. The molecule has 0 bridgehead atoms. The predicted molar refractivity (Wildman–Crippen MR) is 87.4 cm³/mol. The Labute approximate surface area is 131 Å². The summed E-state index contributed by atoms with van der Waals surface area (Å²) in [5, 5.41) is 20.3. The molecule has 0 radical (unpaired) electrons. The number of fused-ring (bicyclic) bond motifs is 5. The maximum atomic E-state index is 10.4. The molecular weight excluding hydrogens is 272 g/mol. The molecule has 2 heteroatoms. The molecule has 4 rings (SSSR count). The van der Waals surface area contributed by atoms with Gasteiger partial charge in [0.25, 0.3) is 0 Å². The molecule has 2 fully saturated rings. The highest BCUT2D eigenvalue weighted by Crippen LogP contribution is 2.60. The summed E-state index contributed by atoms with van der Waals surface area (Å²) in [7, 11) is 0. The fourth-order valence-electron chi connectivity index (χ4n) is 5.32. The fraction of sp³-hybridized carbons (Fsp3) is 0.500. The highest BCUT2D eigenvalue weighted by Gasteiger charge is 2.53. The van der Waals surface area contributed by atoms with Crippen LogP contribution in [0.1, 0.15) is 55.2 Å². The van der Waals surface area contributed by atoms with Crippen molar-refractivity contribution in [2.45, 2.75) is 44.6 Å². The lowest BCUT2D eigenvalue weighted by Gasteiger charge is -2.48. The van der Waals surface area contributed by atoms with Gasteiger partial charge in [0.05, 0.1) is 6.10 Å². The smallest absolute Gasteiger partial charge is 0.117 e. The van der Waals surface area contributed by atoms with Gasteiger partial charge in [-0.05, 0) is 72.1 Å². The van der Waals surface area contributed by atoms with E-state index >= 15 is 0 Å². The van der Waals surface area contributed by atoms with Crippen LogP contribution in [0.2, 0.25) is 0 Å². The molecule has 0 amide bonds. The van der Waals surface area contributed by atoms with E-state index in [0.717, 1.165) is 36.8 Å². The Hall–Kier alpha value is -1.72. The minimum Gasteiger partial charge on any atom is -0.508 e. The number of allylic oxidation sites excluding steroid dienone is 1. The van der Waals surface area contributed by atoms with Crippen LogP contribution in [0.3, 0.4) is 0 Å². The number of benzene rings is 1. The van der Waals surface area contributed by atoms with Crippen molar-refractivity contribution >= 4 is 6.08 Å². The molecule has 2 nitrogen and oxygen atoms in total. The first-order valence-corrected chi connectivity index (χ1v) is 8.24. The number of hydrogen-bond donors (Lipinski definition) is 2. The van der Waals surface area contributed by atoms with E-state index in [4.69, 9.17) is 6.42 Å².